The van der Waals surface area contributed by atoms with Crippen molar-refractivity contribution in [2.24, 2.45) is 11.8 Å². The Morgan fingerprint density at radius 1 is 0.491 bits per heavy atom. The molecule has 6 aromatic rings. The molecule has 6 aromatic carbocycles. The van der Waals surface area contributed by atoms with Gasteiger partial charge in [-0.3, -0.25) is 0 Å². The Morgan fingerprint density at radius 2 is 0.873 bits per heavy atom. The molecule has 2 fully saturated rings. The largest absolute Gasteiger partial charge is 0.454 e. The van der Waals surface area contributed by atoms with E-state index in [2.05, 4.69) is 24.3 Å². The first-order valence-corrected chi connectivity index (χ1v) is 19.7. The van der Waals surface area contributed by atoms with E-state index in [9.17, 15) is 0 Å². The lowest BCUT2D eigenvalue weighted by atomic mass is 9.71. The predicted molar refractivity (Wildman–Crippen MR) is 216 cm³/mol. The summed E-state index contributed by atoms with van der Waals surface area (Å²) in [6.07, 6.45) is 5.49. The fraction of sp³-hybridized carbons (Fsp3) is 0.250. The van der Waals surface area contributed by atoms with Crippen LogP contribution in [-0.4, -0.2) is 13.2 Å². The lowest BCUT2D eigenvalue weighted by Gasteiger charge is -2.39. The van der Waals surface area contributed by atoms with Crippen molar-refractivity contribution in [3.63, 3.8) is 0 Å². The van der Waals surface area contributed by atoms with E-state index in [0.29, 0.717) is 59.4 Å². The maximum atomic E-state index is 15.2. The lowest BCUT2D eigenvalue weighted by molar-refractivity contribution is 0.0296. The minimum atomic E-state index is -0.414. The number of para-hydroxylation sites is 2. The van der Waals surface area contributed by atoms with Crippen LogP contribution in [0.4, 0.5) is 8.78 Å². The minimum absolute atomic E-state index is 0.191. The van der Waals surface area contributed by atoms with Gasteiger partial charge in [0.2, 0.25) is 0 Å². The molecule has 2 aliphatic rings. The van der Waals surface area contributed by atoms with Crippen LogP contribution in [0.25, 0.3) is 0 Å². The van der Waals surface area contributed by atoms with Crippen molar-refractivity contribution in [2.75, 3.05) is 13.2 Å². The summed E-state index contributed by atoms with van der Waals surface area (Å²) in [6.45, 7) is 0.888. The highest BCUT2D eigenvalue weighted by Crippen LogP contribution is 2.53. The third kappa shape index (κ3) is 8.60. The van der Waals surface area contributed by atoms with E-state index >= 15 is 8.78 Å². The summed E-state index contributed by atoms with van der Waals surface area (Å²) in [5.74, 6) is 1.42. The number of benzene rings is 6. The molecule has 0 N–H and O–H groups in total. The van der Waals surface area contributed by atoms with Crippen molar-refractivity contribution in [1.29, 1.82) is 0 Å². The van der Waals surface area contributed by atoms with Crippen molar-refractivity contribution >= 4 is 23.2 Å². The molecule has 0 saturated heterocycles. The molecule has 0 aliphatic heterocycles. The van der Waals surface area contributed by atoms with Crippen molar-refractivity contribution in [1.82, 2.24) is 0 Å². The molecule has 280 valence electrons. The van der Waals surface area contributed by atoms with Gasteiger partial charge >= 0.3 is 0 Å². The number of rotatable bonds is 16. The van der Waals surface area contributed by atoms with Crippen LogP contribution in [0.15, 0.2) is 146 Å². The SMILES string of the molecule is Fc1ccc(CC(COCC(Cc2ccc(F)c(Oc3ccccc3)c2)(c2ccc(Cl)cc2)C2CC2)(c2ccc(Cl)cc2)C2CC2)cc1Oc1ccccc1. The van der Waals surface area contributed by atoms with E-state index in [1.807, 2.05) is 109 Å². The standard InChI is InChI=1S/C48H42Cl2F2O3/c49-39-21-17-37(18-22-39)47(35-13-14-35,29-33-11-25-43(51)45(27-33)54-41-7-3-1-4-8-41)31-53-32-48(36-15-16-36,38-19-23-40(50)24-20-38)30-34-12-26-44(52)46(28-34)55-42-9-5-2-6-10-42/h1-12,17-28,35-36H,13-16,29-32H2. The van der Waals surface area contributed by atoms with Crippen LogP contribution in [0.1, 0.15) is 47.9 Å². The Hall–Kier alpha value is -4.68. The summed E-state index contributed by atoms with van der Waals surface area (Å²) < 4.78 is 49.5. The molecule has 2 aliphatic carbocycles. The van der Waals surface area contributed by atoms with Gasteiger partial charge in [-0.2, -0.15) is 0 Å². The molecule has 2 atom stereocenters. The predicted octanol–water partition coefficient (Wildman–Crippen LogP) is 13.4. The summed E-state index contributed by atoms with van der Waals surface area (Å²) >= 11 is 12.9. The summed E-state index contributed by atoms with van der Waals surface area (Å²) in [6, 6.07) is 45.1. The van der Waals surface area contributed by atoms with Gasteiger partial charge in [0.15, 0.2) is 23.1 Å². The van der Waals surface area contributed by atoms with E-state index in [0.717, 1.165) is 47.9 Å². The van der Waals surface area contributed by atoms with Gasteiger partial charge < -0.3 is 14.2 Å². The third-order valence-corrected chi connectivity index (χ3v) is 11.8. The Kier molecular flexibility index (Phi) is 11.0. The molecule has 55 heavy (non-hydrogen) atoms. The van der Waals surface area contributed by atoms with Crippen LogP contribution in [0.3, 0.4) is 0 Å². The maximum absolute atomic E-state index is 15.2. The first-order valence-electron chi connectivity index (χ1n) is 18.9. The molecule has 2 saturated carbocycles. The van der Waals surface area contributed by atoms with Gasteiger partial charge in [-0.1, -0.05) is 96.0 Å². The second-order valence-electron chi connectivity index (χ2n) is 15.1. The Bertz CT molecular complexity index is 2050. The Balaban J connectivity index is 1.12. The molecule has 0 heterocycles. The Labute approximate surface area is 331 Å². The molecular formula is C48H42Cl2F2O3. The topological polar surface area (TPSA) is 27.7 Å². The first-order chi connectivity index (χ1) is 26.8. The zero-order valence-electron chi connectivity index (χ0n) is 30.4. The quantitative estimate of drug-likeness (QED) is 0.0980. The Morgan fingerprint density at radius 3 is 1.24 bits per heavy atom. The number of halogens is 4. The molecule has 0 aromatic heterocycles. The zero-order valence-corrected chi connectivity index (χ0v) is 31.9. The van der Waals surface area contributed by atoms with Crippen LogP contribution in [0.5, 0.6) is 23.0 Å². The molecule has 2 unspecified atom stereocenters. The van der Waals surface area contributed by atoms with Crippen LogP contribution in [-0.2, 0) is 28.4 Å². The zero-order chi connectivity index (χ0) is 37.8. The van der Waals surface area contributed by atoms with Gasteiger partial charge in [-0.15, -0.1) is 0 Å². The average molecular weight is 776 g/mol. The highest BCUT2D eigenvalue weighted by atomic mass is 35.5. The van der Waals surface area contributed by atoms with Gasteiger partial charge in [0.05, 0.1) is 13.2 Å². The number of hydrogen-bond acceptors (Lipinski definition) is 3. The smallest absolute Gasteiger partial charge is 0.165 e. The van der Waals surface area contributed by atoms with Gasteiger partial charge in [0, 0.05) is 20.9 Å². The molecule has 0 amide bonds. The van der Waals surface area contributed by atoms with E-state index < -0.39 is 22.5 Å². The van der Waals surface area contributed by atoms with Crippen molar-refractivity contribution in [3.05, 3.63) is 190 Å². The molecule has 3 nitrogen and oxygen atoms in total. The highest BCUT2D eigenvalue weighted by molar-refractivity contribution is 6.30. The second kappa shape index (κ2) is 16.2. The molecule has 0 radical (unpaired) electrons. The minimum Gasteiger partial charge on any atom is -0.454 e. The second-order valence-corrected chi connectivity index (χ2v) is 16.0. The van der Waals surface area contributed by atoms with Crippen molar-refractivity contribution in [3.8, 4) is 23.0 Å². The molecular weight excluding hydrogens is 733 g/mol. The summed E-state index contributed by atoms with van der Waals surface area (Å²) in [7, 11) is 0. The third-order valence-electron chi connectivity index (χ3n) is 11.2. The van der Waals surface area contributed by atoms with Crippen molar-refractivity contribution in [2.45, 2.75) is 49.4 Å². The molecule has 7 heteroatoms. The average Bonchev–Trinajstić information content (AvgIpc) is 4.13. The number of hydrogen-bond donors (Lipinski definition) is 0. The van der Waals surface area contributed by atoms with Gasteiger partial charge in [-0.25, -0.2) is 8.78 Å². The molecule has 8 rings (SSSR count). The highest BCUT2D eigenvalue weighted by Gasteiger charge is 2.50. The summed E-state index contributed by atoms with van der Waals surface area (Å²) in [5.41, 5.74) is 3.38. The maximum Gasteiger partial charge on any atom is 0.165 e. The van der Waals surface area contributed by atoms with Gasteiger partial charge in [0.1, 0.15) is 11.5 Å². The van der Waals surface area contributed by atoms with Gasteiger partial charge in [0.25, 0.3) is 0 Å². The van der Waals surface area contributed by atoms with E-state index in [1.54, 1.807) is 0 Å². The molecule has 0 spiro atoms. The summed E-state index contributed by atoms with van der Waals surface area (Å²) in [4.78, 5) is 0. The van der Waals surface area contributed by atoms with Crippen LogP contribution in [0.2, 0.25) is 10.0 Å². The van der Waals surface area contributed by atoms with Crippen LogP contribution < -0.4 is 9.47 Å². The monoisotopic (exact) mass is 774 g/mol. The normalized spacial score (nSPS) is 16.2. The van der Waals surface area contributed by atoms with Crippen molar-refractivity contribution < 1.29 is 23.0 Å². The fourth-order valence-electron chi connectivity index (χ4n) is 8.15. The van der Waals surface area contributed by atoms with E-state index in [4.69, 9.17) is 37.4 Å². The van der Waals surface area contributed by atoms with E-state index in [-0.39, 0.29) is 11.5 Å². The van der Waals surface area contributed by atoms with E-state index in [1.165, 1.54) is 12.1 Å². The van der Waals surface area contributed by atoms with Gasteiger partial charge in [-0.05, 0) is 145 Å². The van der Waals surface area contributed by atoms with Crippen LogP contribution in [0, 0.1) is 23.5 Å². The summed E-state index contributed by atoms with van der Waals surface area (Å²) in [5, 5.41) is 1.33. The molecule has 0 bridgehead atoms. The fourth-order valence-corrected chi connectivity index (χ4v) is 8.40. The van der Waals surface area contributed by atoms with Crippen LogP contribution >= 0.6 is 23.2 Å². The number of ether oxygens (including phenoxy) is 3. The first kappa shape index (κ1) is 37.3. The lowest BCUT2D eigenvalue weighted by Crippen LogP contribution is -2.42.